The summed E-state index contributed by atoms with van der Waals surface area (Å²) in [6.07, 6.45) is 0. The van der Waals surface area contributed by atoms with Crippen molar-refractivity contribution in [3.63, 3.8) is 0 Å². The lowest BCUT2D eigenvalue weighted by Gasteiger charge is -2.08. The molecule has 0 aliphatic rings. The second-order valence-corrected chi connectivity index (χ2v) is 4.23. The van der Waals surface area contributed by atoms with Crippen molar-refractivity contribution < 1.29 is 14.3 Å². The first-order chi connectivity index (χ1) is 9.66. The molecule has 4 N–H and O–H groups in total. The predicted molar refractivity (Wildman–Crippen MR) is 76.8 cm³/mol. The van der Waals surface area contributed by atoms with Gasteiger partial charge in [-0.3, -0.25) is 0 Å². The van der Waals surface area contributed by atoms with Crippen LogP contribution in [0.5, 0.6) is 0 Å². The molecule has 20 heavy (non-hydrogen) atoms. The van der Waals surface area contributed by atoms with Gasteiger partial charge in [-0.05, 0) is 23.8 Å². The molecule has 0 unspecified atom stereocenters. The number of benzene rings is 2. The van der Waals surface area contributed by atoms with Gasteiger partial charge < -0.3 is 20.9 Å². The number of hydrogen-bond acceptors (Lipinski definition) is 5. The van der Waals surface area contributed by atoms with Crippen LogP contribution in [0.4, 0.5) is 11.4 Å². The molecule has 0 heterocycles. The van der Waals surface area contributed by atoms with Crippen LogP contribution < -0.4 is 11.5 Å². The van der Waals surface area contributed by atoms with Gasteiger partial charge in [-0.2, -0.15) is 0 Å². The lowest BCUT2D eigenvalue weighted by atomic mass is 10.1. The van der Waals surface area contributed by atoms with Gasteiger partial charge in [-0.1, -0.05) is 30.3 Å². The van der Waals surface area contributed by atoms with Crippen molar-refractivity contribution in [1.29, 1.82) is 0 Å². The van der Waals surface area contributed by atoms with E-state index < -0.39 is 5.97 Å². The first-order valence-corrected chi connectivity index (χ1v) is 6.10. The van der Waals surface area contributed by atoms with E-state index in [0.29, 0.717) is 12.3 Å². The van der Waals surface area contributed by atoms with Gasteiger partial charge in [0.1, 0.15) is 0 Å². The number of ether oxygens (including phenoxy) is 2. The van der Waals surface area contributed by atoms with Gasteiger partial charge in [0.25, 0.3) is 0 Å². The van der Waals surface area contributed by atoms with Crippen LogP contribution in [0.2, 0.25) is 0 Å². The topological polar surface area (TPSA) is 87.6 Å². The Labute approximate surface area is 117 Å². The Morgan fingerprint density at radius 2 is 1.80 bits per heavy atom. The Morgan fingerprint density at radius 1 is 1.05 bits per heavy atom. The molecule has 2 rings (SSSR count). The fraction of sp³-hybridized carbons (Fsp3) is 0.133. The zero-order chi connectivity index (χ0) is 14.4. The van der Waals surface area contributed by atoms with Crippen LogP contribution in [0.3, 0.4) is 0 Å². The van der Waals surface area contributed by atoms with Gasteiger partial charge in [0, 0.05) is 11.4 Å². The molecule has 0 aliphatic heterocycles. The van der Waals surface area contributed by atoms with Crippen molar-refractivity contribution in [3.8, 4) is 0 Å². The Hall–Kier alpha value is -2.53. The minimum Gasteiger partial charge on any atom is -0.435 e. The molecule has 0 amide bonds. The number of nitrogen functional groups attached to an aromatic ring is 2. The van der Waals surface area contributed by atoms with Crippen molar-refractivity contribution in [3.05, 3.63) is 59.7 Å². The molecule has 0 aromatic heterocycles. The van der Waals surface area contributed by atoms with Crippen LogP contribution in [-0.2, 0) is 16.1 Å². The highest BCUT2D eigenvalue weighted by Gasteiger charge is 2.11. The minimum atomic E-state index is -0.532. The standard InChI is InChI=1S/C15H16N2O3/c16-12-6-7-13(14(17)8-12)15(18)20-10-19-9-11-4-2-1-3-5-11/h1-8H,9-10,16-17H2. The third kappa shape index (κ3) is 3.73. The van der Waals surface area contributed by atoms with E-state index in [1.807, 2.05) is 30.3 Å². The summed E-state index contributed by atoms with van der Waals surface area (Å²) in [5.74, 6) is -0.532. The van der Waals surface area contributed by atoms with E-state index in [1.165, 1.54) is 12.1 Å². The molecule has 104 valence electrons. The van der Waals surface area contributed by atoms with E-state index in [4.69, 9.17) is 20.9 Å². The molecule has 0 bridgehead atoms. The number of esters is 1. The molecule has 5 nitrogen and oxygen atoms in total. The van der Waals surface area contributed by atoms with Gasteiger partial charge in [-0.15, -0.1) is 0 Å². The fourth-order valence-corrected chi connectivity index (χ4v) is 1.67. The molecule has 2 aromatic carbocycles. The number of carbonyl (C=O) groups excluding carboxylic acids is 1. The van der Waals surface area contributed by atoms with Gasteiger partial charge >= 0.3 is 5.97 Å². The van der Waals surface area contributed by atoms with Crippen LogP contribution in [-0.4, -0.2) is 12.8 Å². The first kappa shape index (κ1) is 13.9. The maximum absolute atomic E-state index is 11.8. The van der Waals surface area contributed by atoms with Crippen LogP contribution in [0.1, 0.15) is 15.9 Å². The highest BCUT2D eigenvalue weighted by molar-refractivity contribution is 5.95. The van der Waals surface area contributed by atoms with E-state index >= 15 is 0 Å². The van der Waals surface area contributed by atoms with E-state index in [0.717, 1.165) is 5.56 Å². The lowest BCUT2D eigenvalue weighted by Crippen LogP contribution is -2.11. The molecule has 0 fully saturated rings. The minimum absolute atomic E-state index is 0.127. The Bertz CT molecular complexity index is 585. The third-order valence-corrected chi connectivity index (χ3v) is 2.68. The SMILES string of the molecule is Nc1ccc(C(=O)OCOCc2ccccc2)c(N)c1. The Balaban J connectivity index is 1.80. The predicted octanol–water partition coefficient (Wildman–Crippen LogP) is 2.18. The highest BCUT2D eigenvalue weighted by atomic mass is 16.7. The average Bonchev–Trinajstić information content (AvgIpc) is 2.44. The van der Waals surface area contributed by atoms with Crippen molar-refractivity contribution in [2.45, 2.75) is 6.61 Å². The fourth-order valence-electron chi connectivity index (χ4n) is 1.67. The Kier molecular flexibility index (Phi) is 4.57. The maximum Gasteiger partial charge on any atom is 0.342 e. The number of hydrogen-bond donors (Lipinski definition) is 2. The van der Waals surface area contributed by atoms with Crippen molar-refractivity contribution in [1.82, 2.24) is 0 Å². The van der Waals surface area contributed by atoms with Crippen LogP contribution in [0, 0.1) is 0 Å². The molecule has 5 heteroatoms. The molecule has 0 saturated carbocycles. The largest absolute Gasteiger partial charge is 0.435 e. The summed E-state index contributed by atoms with van der Waals surface area (Å²) in [4.78, 5) is 11.8. The molecule has 0 atom stereocenters. The molecule has 0 radical (unpaired) electrons. The number of carbonyl (C=O) groups is 1. The van der Waals surface area contributed by atoms with Gasteiger partial charge in [0.2, 0.25) is 0 Å². The van der Waals surface area contributed by atoms with Crippen LogP contribution >= 0.6 is 0 Å². The van der Waals surface area contributed by atoms with Gasteiger partial charge in [0.05, 0.1) is 12.2 Å². The normalized spacial score (nSPS) is 10.2. The van der Waals surface area contributed by atoms with Gasteiger partial charge in [-0.25, -0.2) is 4.79 Å². The van der Waals surface area contributed by atoms with Crippen molar-refractivity contribution >= 4 is 17.3 Å². The highest BCUT2D eigenvalue weighted by Crippen LogP contribution is 2.16. The molecular formula is C15H16N2O3. The molecular weight excluding hydrogens is 256 g/mol. The van der Waals surface area contributed by atoms with Crippen LogP contribution in [0.15, 0.2) is 48.5 Å². The quantitative estimate of drug-likeness (QED) is 0.377. The second kappa shape index (κ2) is 6.58. The zero-order valence-electron chi connectivity index (χ0n) is 10.9. The van der Waals surface area contributed by atoms with Crippen LogP contribution in [0.25, 0.3) is 0 Å². The number of nitrogens with two attached hydrogens (primary N) is 2. The van der Waals surface area contributed by atoms with Crippen molar-refractivity contribution in [2.75, 3.05) is 18.3 Å². The molecule has 0 aliphatic carbocycles. The molecule has 0 saturated heterocycles. The summed E-state index contributed by atoms with van der Waals surface area (Å²) in [7, 11) is 0. The van der Waals surface area contributed by atoms with Gasteiger partial charge in [0.15, 0.2) is 6.79 Å². The zero-order valence-corrected chi connectivity index (χ0v) is 10.9. The summed E-state index contributed by atoms with van der Waals surface area (Å²) in [5.41, 5.74) is 13.3. The number of rotatable bonds is 5. The average molecular weight is 272 g/mol. The molecule has 2 aromatic rings. The summed E-state index contributed by atoms with van der Waals surface area (Å²) in [5, 5.41) is 0. The maximum atomic E-state index is 11.8. The molecule has 0 spiro atoms. The van der Waals surface area contributed by atoms with E-state index in [9.17, 15) is 4.79 Å². The van der Waals surface area contributed by atoms with E-state index in [-0.39, 0.29) is 18.0 Å². The smallest absolute Gasteiger partial charge is 0.342 e. The second-order valence-electron chi connectivity index (χ2n) is 4.23. The van der Waals surface area contributed by atoms with E-state index in [2.05, 4.69) is 0 Å². The lowest BCUT2D eigenvalue weighted by molar-refractivity contribution is -0.0380. The summed E-state index contributed by atoms with van der Waals surface area (Å²) < 4.78 is 10.3. The van der Waals surface area contributed by atoms with Crippen molar-refractivity contribution in [2.24, 2.45) is 0 Å². The van der Waals surface area contributed by atoms with E-state index in [1.54, 1.807) is 6.07 Å². The third-order valence-electron chi connectivity index (χ3n) is 2.68. The summed E-state index contributed by atoms with van der Waals surface area (Å²) >= 11 is 0. The Morgan fingerprint density at radius 3 is 2.50 bits per heavy atom. The monoisotopic (exact) mass is 272 g/mol. The number of anilines is 2. The summed E-state index contributed by atoms with van der Waals surface area (Å²) in [6, 6.07) is 14.3. The first-order valence-electron chi connectivity index (χ1n) is 6.10. The summed E-state index contributed by atoms with van der Waals surface area (Å²) in [6.45, 7) is 0.253.